The van der Waals surface area contributed by atoms with Gasteiger partial charge in [0.25, 0.3) is 0 Å². The van der Waals surface area contributed by atoms with Gasteiger partial charge in [0.15, 0.2) is 15.8 Å². The monoisotopic (exact) mass is 474 g/mol. The van der Waals surface area contributed by atoms with Crippen LogP contribution in [0.1, 0.15) is 40.5 Å². The van der Waals surface area contributed by atoms with Gasteiger partial charge in [0.1, 0.15) is 0 Å². The molecule has 0 aliphatic carbocycles. The summed E-state index contributed by atoms with van der Waals surface area (Å²) in [5, 5.41) is 6.06. The summed E-state index contributed by atoms with van der Waals surface area (Å²) >= 11 is 0. The molecule has 1 rings (SSSR count). The van der Waals surface area contributed by atoms with Gasteiger partial charge in [-0.2, -0.15) is 0 Å². The molecule has 24 heavy (non-hydrogen) atoms. The Balaban J connectivity index is 0.00000529. The summed E-state index contributed by atoms with van der Waals surface area (Å²) in [4.78, 5) is 17.9. The molecule has 2 N–H and O–H groups in total. The molecule has 1 atom stereocenters. The van der Waals surface area contributed by atoms with Crippen LogP contribution in [0.15, 0.2) is 4.99 Å². The van der Waals surface area contributed by atoms with Gasteiger partial charge in [-0.3, -0.25) is 9.79 Å². The van der Waals surface area contributed by atoms with E-state index < -0.39 is 14.6 Å². The molecule has 0 radical (unpaired) electrons. The second kappa shape index (κ2) is 9.79. The average Bonchev–Trinajstić information content (AvgIpc) is 2.46. The fourth-order valence-electron chi connectivity index (χ4n) is 2.39. The lowest BCUT2D eigenvalue weighted by Crippen LogP contribution is -2.57. The van der Waals surface area contributed by atoms with E-state index in [0.29, 0.717) is 32.0 Å². The van der Waals surface area contributed by atoms with Gasteiger partial charge in [-0.05, 0) is 27.2 Å². The van der Waals surface area contributed by atoms with E-state index in [1.54, 1.807) is 20.9 Å². The number of rotatable bonds is 5. The molecule has 1 fully saturated rings. The van der Waals surface area contributed by atoms with Gasteiger partial charge < -0.3 is 15.5 Å². The van der Waals surface area contributed by atoms with Crippen LogP contribution in [0.4, 0.5) is 0 Å². The standard InChI is InChI=1S/C15H30N4O3S.HI/c1-6-12(2)18-13(20)7-8-17-14(16-5)19-9-10-23(21,22)15(3,4)11-19;/h12H,6-11H2,1-5H3,(H,16,17)(H,18,20);1H. The van der Waals surface area contributed by atoms with Crippen molar-refractivity contribution in [2.75, 3.05) is 32.4 Å². The molecular formula is C15H31IN4O3S. The zero-order chi connectivity index (χ0) is 17.7. The summed E-state index contributed by atoms with van der Waals surface area (Å²) in [5.74, 6) is 0.767. The third-order valence-electron chi connectivity index (χ3n) is 4.21. The Morgan fingerprint density at radius 1 is 1.38 bits per heavy atom. The first kappa shape index (κ1) is 23.4. The highest BCUT2D eigenvalue weighted by Gasteiger charge is 2.40. The third kappa shape index (κ3) is 6.38. The normalized spacial score (nSPS) is 20.7. The van der Waals surface area contributed by atoms with Crippen molar-refractivity contribution in [1.29, 1.82) is 0 Å². The number of aliphatic imine (C=N–C) groups is 1. The number of guanidine groups is 1. The van der Waals surface area contributed by atoms with E-state index >= 15 is 0 Å². The van der Waals surface area contributed by atoms with Crippen molar-refractivity contribution in [2.24, 2.45) is 4.99 Å². The number of halogens is 1. The molecule has 7 nitrogen and oxygen atoms in total. The van der Waals surface area contributed by atoms with E-state index in [1.807, 2.05) is 18.7 Å². The summed E-state index contributed by atoms with van der Waals surface area (Å²) < 4.78 is 23.3. The van der Waals surface area contributed by atoms with Crippen molar-refractivity contribution in [3.63, 3.8) is 0 Å². The average molecular weight is 474 g/mol. The van der Waals surface area contributed by atoms with Gasteiger partial charge in [-0.15, -0.1) is 24.0 Å². The minimum atomic E-state index is -3.07. The highest BCUT2D eigenvalue weighted by Crippen LogP contribution is 2.23. The van der Waals surface area contributed by atoms with E-state index in [4.69, 9.17) is 0 Å². The lowest BCUT2D eigenvalue weighted by atomic mass is 10.2. The van der Waals surface area contributed by atoms with E-state index in [-0.39, 0.29) is 41.7 Å². The van der Waals surface area contributed by atoms with Crippen LogP contribution in [0.3, 0.4) is 0 Å². The molecule has 0 aromatic heterocycles. The van der Waals surface area contributed by atoms with Crippen LogP contribution >= 0.6 is 24.0 Å². The highest BCUT2D eigenvalue weighted by atomic mass is 127. The van der Waals surface area contributed by atoms with Crippen LogP contribution in [-0.2, 0) is 14.6 Å². The number of amides is 1. The van der Waals surface area contributed by atoms with E-state index in [1.165, 1.54) is 0 Å². The Bertz CT molecular complexity index is 549. The Morgan fingerprint density at radius 3 is 2.50 bits per heavy atom. The molecule has 1 saturated heterocycles. The van der Waals surface area contributed by atoms with Gasteiger partial charge >= 0.3 is 0 Å². The van der Waals surface area contributed by atoms with E-state index in [0.717, 1.165) is 6.42 Å². The predicted molar refractivity (Wildman–Crippen MR) is 109 cm³/mol. The fourth-order valence-corrected chi connectivity index (χ4v) is 3.76. The highest BCUT2D eigenvalue weighted by molar-refractivity contribution is 14.0. The Kier molecular flexibility index (Phi) is 9.55. The minimum Gasteiger partial charge on any atom is -0.356 e. The molecule has 0 bridgehead atoms. The first-order chi connectivity index (χ1) is 10.6. The number of nitrogens with one attached hydrogen (secondary N) is 2. The number of carbonyl (C=O) groups excluding carboxylic acids is 1. The van der Waals surface area contributed by atoms with Crippen molar-refractivity contribution >= 4 is 45.7 Å². The number of hydrogen-bond donors (Lipinski definition) is 2. The molecule has 9 heteroatoms. The van der Waals surface area contributed by atoms with Crippen LogP contribution in [0, 0.1) is 0 Å². The second-order valence-electron chi connectivity index (χ2n) is 6.60. The van der Waals surface area contributed by atoms with E-state index in [9.17, 15) is 13.2 Å². The maximum absolute atomic E-state index is 12.1. The second-order valence-corrected chi connectivity index (χ2v) is 9.34. The van der Waals surface area contributed by atoms with Crippen LogP contribution < -0.4 is 10.6 Å². The van der Waals surface area contributed by atoms with Gasteiger partial charge in [0.05, 0.1) is 10.5 Å². The maximum Gasteiger partial charge on any atom is 0.221 e. The van der Waals surface area contributed by atoms with Gasteiger partial charge in [0, 0.05) is 39.1 Å². The molecule has 1 aliphatic heterocycles. The topological polar surface area (TPSA) is 90.9 Å². The fraction of sp³-hybridized carbons (Fsp3) is 0.867. The number of nitrogens with zero attached hydrogens (tertiary/aromatic N) is 2. The van der Waals surface area contributed by atoms with Gasteiger partial charge in [-0.25, -0.2) is 8.42 Å². The molecule has 0 spiro atoms. The van der Waals surface area contributed by atoms with E-state index in [2.05, 4.69) is 15.6 Å². The lowest BCUT2D eigenvalue weighted by molar-refractivity contribution is -0.121. The summed E-state index contributed by atoms with van der Waals surface area (Å²) in [6.45, 7) is 8.76. The summed E-state index contributed by atoms with van der Waals surface area (Å²) in [5.41, 5.74) is 0. The number of hydrogen-bond acceptors (Lipinski definition) is 4. The molecule has 1 aliphatic rings. The van der Waals surface area contributed by atoms with Gasteiger partial charge in [0.2, 0.25) is 5.91 Å². The van der Waals surface area contributed by atoms with Crippen LogP contribution in [0.5, 0.6) is 0 Å². The first-order valence-electron chi connectivity index (χ1n) is 8.10. The smallest absolute Gasteiger partial charge is 0.221 e. The molecule has 0 aromatic rings. The molecule has 0 saturated carbocycles. The van der Waals surface area contributed by atoms with Crippen molar-refractivity contribution in [3.8, 4) is 0 Å². The first-order valence-corrected chi connectivity index (χ1v) is 9.75. The predicted octanol–water partition coefficient (Wildman–Crippen LogP) is 0.994. The Labute approximate surface area is 163 Å². The van der Waals surface area contributed by atoms with Crippen LogP contribution in [0.2, 0.25) is 0 Å². The largest absolute Gasteiger partial charge is 0.356 e. The SMILES string of the molecule is CCC(C)NC(=O)CCNC(=NC)N1CCS(=O)(=O)C(C)(C)C1.I. The minimum absolute atomic E-state index is 0. The van der Waals surface area contributed by atoms with Crippen molar-refractivity contribution in [3.05, 3.63) is 0 Å². The number of carbonyl (C=O) groups is 1. The quantitative estimate of drug-likeness (QED) is 0.353. The number of sulfone groups is 1. The summed E-state index contributed by atoms with van der Waals surface area (Å²) in [6, 6.07) is 0.176. The zero-order valence-corrected chi connectivity index (χ0v) is 18.4. The molecule has 142 valence electrons. The summed E-state index contributed by atoms with van der Waals surface area (Å²) in [6.07, 6.45) is 1.26. The van der Waals surface area contributed by atoms with Crippen molar-refractivity contribution in [1.82, 2.24) is 15.5 Å². The van der Waals surface area contributed by atoms with Crippen LogP contribution in [0.25, 0.3) is 0 Å². The molecule has 1 amide bonds. The summed E-state index contributed by atoms with van der Waals surface area (Å²) in [7, 11) is -1.41. The van der Waals surface area contributed by atoms with Gasteiger partial charge in [-0.1, -0.05) is 6.92 Å². The molecular weight excluding hydrogens is 443 g/mol. The van der Waals surface area contributed by atoms with Crippen molar-refractivity contribution < 1.29 is 13.2 Å². The molecule has 0 aromatic carbocycles. The third-order valence-corrected chi connectivity index (χ3v) is 6.74. The molecule has 1 heterocycles. The lowest BCUT2D eigenvalue weighted by Gasteiger charge is -2.39. The zero-order valence-electron chi connectivity index (χ0n) is 15.3. The van der Waals surface area contributed by atoms with Crippen molar-refractivity contribution in [2.45, 2.75) is 51.3 Å². The Morgan fingerprint density at radius 2 is 2.00 bits per heavy atom. The Hall–Kier alpha value is -0.580. The maximum atomic E-state index is 12.1. The van der Waals surface area contributed by atoms with Crippen LogP contribution in [-0.4, -0.2) is 68.4 Å². The molecule has 1 unspecified atom stereocenters.